The van der Waals surface area contributed by atoms with E-state index in [0.717, 1.165) is 5.69 Å². The first-order valence-corrected chi connectivity index (χ1v) is 9.95. The van der Waals surface area contributed by atoms with E-state index in [2.05, 4.69) is 10.3 Å². The van der Waals surface area contributed by atoms with Crippen molar-refractivity contribution in [2.45, 2.75) is 12.1 Å². The molecular weight excluding hydrogens is 420 g/mol. The number of nitrogens with one attached hydrogen (secondary N) is 1. The Morgan fingerprint density at radius 2 is 2.16 bits per heavy atom. The van der Waals surface area contributed by atoms with E-state index in [1.807, 2.05) is 29.2 Å². The number of benzene rings is 1. The van der Waals surface area contributed by atoms with Gasteiger partial charge in [0.05, 0.1) is 42.0 Å². The Morgan fingerprint density at radius 3 is 2.84 bits per heavy atom. The quantitative estimate of drug-likeness (QED) is 0.325. The minimum absolute atomic E-state index is 0.0675. The van der Waals surface area contributed by atoms with Crippen LogP contribution in [0.3, 0.4) is 0 Å². The lowest BCUT2D eigenvalue weighted by Gasteiger charge is -2.25. The highest BCUT2D eigenvalue weighted by Gasteiger charge is 2.41. The van der Waals surface area contributed by atoms with Crippen LogP contribution in [0.4, 0.5) is 5.69 Å². The Kier molecular flexibility index (Phi) is 5.83. The summed E-state index contributed by atoms with van der Waals surface area (Å²) in [5.74, 6) is 1.46. The number of β-amino-alcohol motifs (C(OH)–C–C–N with tert-alkyl or cyclic N) is 1. The van der Waals surface area contributed by atoms with Gasteiger partial charge in [-0.1, -0.05) is 6.07 Å². The van der Waals surface area contributed by atoms with Gasteiger partial charge in [-0.05, 0) is 42.5 Å². The minimum atomic E-state index is -0.477. The van der Waals surface area contributed by atoms with Crippen molar-refractivity contribution in [2.24, 2.45) is 0 Å². The van der Waals surface area contributed by atoms with Crippen LogP contribution in [-0.4, -0.2) is 45.3 Å². The van der Waals surface area contributed by atoms with Crippen LogP contribution in [0.1, 0.15) is 23.5 Å². The highest BCUT2D eigenvalue weighted by Crippen LogP contribution is 2.41. The molecule has 0 aliphatic carbocycles. The topological polar surface area (TPSA) is 114 Å². The second-order valence-corrected chi connectivity index (χ2v) is 7.27. The van der Waals surface area contributed by atoms with E-state index in [4.69, 9.17) is 21.4 Å². The summed E-state index contributed by atoms with van der Waals surface area (Å²) >= 11 is 5.49. The van der Waals surface area contributed by atoms with Gasteiger partial charge >= 0.3 is 0 Å². The zero-order valence-corrected chi connectivity index (χ0v) is 17.4. The molecule has 2 unspecified atom stereocenters. The van der Waals surface area contributed by atoms with E-state index in [-0.39, 0.29) is 24.4 Å². The summed E-state index contributed by atoms with van der Waals surface area (Å²) in [6, 6.07) is 13.0. The summed E-state index contributed by atoms with van der Waals surface area (Å²) in [7, 11) is 1.45. The molecule has 1 fully saturated rings. The van der Waals surface area contributed by atoms with Gasteiger partial charge in [-0.15, -0.1) is 0 Å². The Balaban J connectivity index is 1.73. The fourth-order valence-electron chi connectivity index (χ4n) is 3.72. The Hall–Kier alpha value is -3.50. The Labute approximate surface area is 183 Å². The van der Waals surface area contributed by atoms with Crippen LogP contribution in [0.2, 0.25) is 0 Å². The molecule has 3 heterocycles. The molecule has 1 saturated heterocycles. The van der Waals surface area contributed by atoms with Crippen molar-refractivity contribution in [2.75, 3.05) is 20.3 Å². The Morgan fingerprint density at radius 1 is 1.32 bits per heavy atom. The first kappa shape index (κ1) is 20.8. The molecule has 2 aromatic heterocycles. The van der Waals surface area contributed by atoms with Crippen LogP contribution < -0.4 is 10.1 Å². The second kappa shape index (κ2) is 8.70. The lowest BCUT2D eigenvalue weighted by Crippen LogP contribution is -2.32. The molecule has 0 radical (unpaired) electrons. The van der Waals surface area contributed by atoms with E-state index >= 15 is 0 Å². The maximum absolute atomic E-state index is 11.1. The average Bonchev–Trinajstić information content (AvgIpc) is 3.39. The van der Waals surface area contributed by atoms with Crippen LogP contribution in [0.15, 0.2) is 59.1 Å². The van der Waals surface area contributed by atoms with Gasteiger partial charge in [-0.2, -0.15) is 0 Å². The maximum Gasteiger partial charge on any atom is 0.273 e. The summed E-state index contributed by atoms with van der Waals surface area (Å²) in [6.07, 6.45) is 1.71. The molecule has 4 rings (SSSR count). The number of nitrogens with zero attached hydrogens (tertiary/aromatic N) is 3. The molecular formula is C21H20N4O5S. The van der Waals surface area contributed by atoms with Crippen LogP contribution >= 0.6 is 12.2 Å². The molecule has 1 aromatic carbocycles. The number of nitro benzene ring substituents is 1. The van der Waals surface area contributed by atoms with E-state index in [0.29, 0.717) is 34.5 Å². The number of ether oxygens (including phenoxy) is 1. The first-order chi connectivity index (χ1) is 15.0. The summed E-state index contributed by atoms with van der Waals surface area (Å²) < 4.78 is 11.5. The predicted octanol–water partition coefficient (Wildman–Crippen LogP) is 3.22. The molecule has 31 heavy (non-hydrogen) atoms. The smallest absolute Gasteiger partial charge is 0.273 e. The van der Waals surface area contributed by atoms with Crippen molar-refractivity contribution in [3.63, 3.8) is 0 Å². The summed E-state index contributed by atoms with van der Waals surface area (Å²) in [5.41, 5.74) is 1.32. The summed E-state index contributed by atoms with van der Waals surface area (Å²) in [5, 5.41) is 24.4. The molecule has 2 N–H and O–H groups in total. The van der Waals surface area contributed by atoms with Gasteiger partial charge in [0, 0.05) is 18.8 Å². The summed E-state index contributed by atoms with van der Waals surface area (Å²) in [6.45, 7) is 0.258. The van der Waals surface area contributed by atoms with Crippen LogP contribution in [-0.2, 0) is 0 Å². The number of hydrogen-bond acceptors (Lipinski definition) is 7. The monoisotopic (exact) mass is 440 g/mol. The SMILES string of the molecule is COc1cc([N+](=O)[O-])ccc1-c1ccc(C2C(c3ccccn3)NC(=S)N2CCO)o1. The molecule has 3 aromatic rings. The normalized spacial score (nSPS) is 18.1. The molecule has 160 valence electrons. The van der Waals surface area contributed by atoms with E-state index in [1.54, 1.807) is 18.3 Å². The number of aliphatic hydroxyl groups is 1. The number of thiocarbonyl (C=S) groups is 1. The number of non-ortho nitro benzene ring substituents is 1. The van der Waals surface area contributed by atoms with Crippen molar-refractivity contribution in [1.29, 1.82) is 0 Å². The van der Waals surface area contributed by atoms with Gasteiger partial charge in [0.15, 0.2) is 5.11 Å². The number of aromatic nitrogens is 1. The molecule has 9 nitrogen and oxygen atoms in total. The van der Waals surface area contributed by atoms with Crippen molar-refractivity contribution in [1.82, 2.24) is 15.2 Å². The lowest BCUT2D eigenvalue weighted by molar-refractivity contribution is -0.384. The minimum Gasteiger partial charge on any atom is -0.496 e. The predicted molar refractivity (Wildman–Crippen MR) is 117 cm³/mol. The summed E-state index contributed by atoms with van der Waals surface area (Å²) in [4.78, 5) is 16.9. The number of hydrogen-bond donors (Lipinski definition) is 2. The number of pyridine rings is 1. The molecule has 0 bridgehead atoms. The number of furan rings is 1. The highest BCUT2D eigenvalue weighted by atomic mass is 32.1. The molecule has 1 aliphatic heterocycles. The molecule has 1 aliphatic rings. The molecule has 2 atom stereocenters. The zero-order valence-electron chi connectivity index (χ0n) is 16.6. The third-order valence-electron chi connectivity index (χ3n) is 5.12. The van der Waals surface area contributed by atoms with Gasteiger partial charge in [-0.3, -0.25) is 15.1 Å². The van der Waals surface area contributed by atoms with Crippen LogP contribution in [0, 0.1) is 10.1 Å². The number of aliphatic hydroxyl groups excluding tert-OH is 1. The molecule has 0 saturated carbocycles. The van der Waals surface area contributed by atoms with Crippen molar-refractivity contribution >= 4 is 23.0 Å². The average molecular weight is 440 g/mol. The zero-order chi connectivity index (χ0) is 22.0. The van der Waals surface area contributed by atoms with Crippen molar-refractivity contribution in [3.05, 3.63) is 76.3 Å². The van der Waals surface area contributed by atoms with Gasteiger partial charge in [0.1, 0.15) is 23.3 Å². The van der Waals surface area contributed by atoms with Crippen LogP contribution in [0.25, 0.3) is 11.3 Å². The van der Waals surface area contributed by atoms with Gasteiger partial charge in [0.2, 0.25) is 0 Å². The van der Waals surface area contributed by atoms with E-state index in [1.165, 1.54) is 19.2 Å². The van der Waals surface area contributed by atoms with Crippen molar-refractivity contribution in [3.8, 4) is 17.1 Å². The van der Waals surface area contributed by atoms with Crippen molar-refractivity contribution < 1.29 is 19.2 Å². The largest absolute Gasteiger partial charge is 0.496 e. The van der Waals surface area contributed by atoms with E-state index < -0.39 is 4.92 Å². The fraction of sp³-hybridized carbons (Fsp3) is 0.238. The number of rotatable bonds is 7. The van der Waals surface area contributed by atoms with Gasteiger partial charge in [0.25, 0.3) is 5.69 Å². The maximum atomic E-state index is 11.1. The number of nitro groups is 1. The molecule has 0 amide bonds. The molecule has 0 spiro atoms. The molecule has 10 heteroatoms. The van der Waals surface area contributed by atoms with Gasteiger partial charge < -0.3 is 24.5 Å². The lowest BCUT2D eigenvalue weighted by atomic mass is 10.0. The highest BCUT2D eigenvalue weighted by molar-refractivity contribution is 7.80. The van der Waals surface area contributed by atoms with Gasteiger partial charge in [-0.25, -0.2) is 0 Å². The third-order valence-corrected chi connectivity index (χ3v) is 5.47. The standard InChI is InChI=1S/C21H20N4O5S/c1-29-18-12-13(25(27)28)5-6-14(18)16-7-8-17(30-16)20-19(15-4-2-3-9-22-15)23-21(31)24(20)10-11-26/h2-9,12,19-20,26H,10-11H2,1H3,(H,23,31). The fourth-order valence-corrected chi connectivity index (χ4v) is 4.05. The second-order valence-electron chi connectivity index (χ2n) is 6.89. The number of methoxy groups -OCH3 is 1. The first-order valence-electron chi connectivity index (χ1n) is 9.55. The Bertz CT molecular complexity index is 1100. The third kappa shape index (κ3) is 3.94. The van der Waals surface area contributed by atoms with Crippen LogP contribution in [0.5, 0.6) is 5.75 Å². The van der Waals surface area contributed by atoms with E-state index in [9.17, 15) is 15.2 Å².